The number of fused-ring (bicyclic) bond motifs is 1. The lowest BCUT2D eigenvalue weighted by Crippen LogP contribution is -1.93. The molecule has 2 aromatic rings. The highest BCUT2D eigenvalue weighted by molar-refractivity contribution is 6.67. The molecule has 0 N–H and O–H groups in total. The summed E-state index contributed by atoms with van der Waals surface area (Å²) in [6.07, 6.45) is 1.67. The van der Waals surface area contributed by atoms with E-state index in [-0.39, 0.29) is 0 Å². The first-order valence-electron chi connectivity index (χ1n) is 4.35. The Balaban J connectivity index is 2.77. The molecular weight excluding hydrogens is 214 g/mol. The lowest BCUT2D eigenvalue weighted by Gasteiger charge is -2.05. The average Bonchev–Trinajstić information content (AvgIpc) is 2.27. The minimum atomic E-state index is -0.501. The van der Waals surface area contributed by atoms with Gasteiger partial charge >= 0.3 is 0 Å². The van der Waals surface area contributed by atoms with Gasteiger partial charge in [-0.05, 0) is 29.8 Å². The summed E-state index contributed by atoms with van der Waals surface area (Å²) in [7, 11) is 1.53. The zero-order valence-corrected chi connectivity index (χ0v) is 8.78. The van der Waals surface area contributed by atoms with E-state index in [1.165, 1.54) is 7.11 Å². The molecule has 0 saturated carbocycles. The van der Waals surface area contributed by atoms with Crippen molar-refractivity contribution in [3.63, 3.8) is 0 Å². The van der Waals surface area contributed by atoms with Gasteiger partial charge in [0.15, 0.2) is 0 Å². The van der Waals surface area contributed by atoms with Gasteiger partial charge in [0.05, 0.1) is 7.11 Å². The summed E-state index contributed by atoms with van der Waals surface area (Å²) in [6, 6.07) is 6.93. The Labute approximate surface area is 91.6 Å². The van der Waals surface area contributed by atoms with Gasteiger partial charge in [0.1, 0.15) is 11.3 Å². The fraction of sp³-hybridized carbons (Fsp3) is 0.0909. The van der Waals surface area contributed by atoms with Crippen LogP contribution in [0.15, 0.2) is 30.5 Å². The Bertz CT molecular complexity index is 525. The summed E-state index contributed by atoms with van der Waals surface area (Å²) in [5.74, 6) is 0.553. The standard InChI is InChI=1S/C11H8ClNO2/c1-15-9-6-8(11(12)14)5-7-3-2-4-13-10(7)9/h2-6H,1H3. The van der Waals surface area contributed by atoms with Crippen LogP contribution in [-0.4, -0.2) is 17.3 Å². The van der Waals surface area contributed by atoms with E-state index >= 15 is 0 Å². The topological polar surface area (TPSA) is 39.2 Å². The Kier molecular flexibility index (Phi) is 2.56. The summed E-state index contributed by atoms with van der Waals surface area (Å²) in [6.45, 7) is 0. The van der Waals surface area contributed by atoms with Crippen molar-refractivity contribution in [3.8, 4) is 5.75 Å². The molecule has 1 heterocycles. The number of carbonyl (C=O) groups is 1. The first kappa shape index (κ1) is 9.93. The van der Waals surface area contributed by atoms with Crippen LogP contribution >= 0.6 is 11.6 Å². The molecule has 3 nitrogen and oxygen atoms in total. The molecule has 0 spiro atoms. The zero-order valence-electron chi connectivity index (χ0n) is 8.03. The van der Waals surface area contributed by atoms with Crippen LogP contribution < -0.4 is 4.74 Å². The number of aromatic nitrogens is 1. The SMILES string of the molecule is COc1cc(C(=O)Cl)cc2cccnc12. The van der Waals surface area contributed by atoms with E-state index < -0.39 is 5.24 Å². The highest BCUT2D eigenvalue weighted by Crippen LogP contribution is 2.25. The molecule has 0 saturated heterocycles. The number of halogens is 1. The molecular formula is C11H8ClNO2. The Hall–Kier alpha value is -1.61. The second-order valence-electron chi connectivity index (χ2n) is 3.03. The van der Waals surface area contributed by atoms with Crippen molar-refractivity contribution >= 4 is 27.7 Å². The van der Waals surface area contributed by atoms with Crippen LogP contribution in [0.3, 0.4) is 0 Å². The molecule has 76 valence electrons. The van der Waals surface area contributed by atoms with E-state index in [4.69, 9.17) is 16.3 Å². The second-order valence-corrected chi connectivity index (χ2v) is 3.37. The quantitative estimate of drug-likeness (QED) is 0.732. The van der Waals surface area contributed by atoms with Crippen molar-refractivity contribution in [2.24, 2.45) is 0 Å². The monoisotopic (exact) mass is 221 g/mol. The molecule has 1 aromatic heterocycles. The van der Waals surface area contributed by atoms with Crippen LogP contribution in [0.5, 0.6) is 5.75 Å². The minimum absolute atomic E-state index is 0.411. The Morgan fingerprint density at radius 2 is 2.27 bits per heavy atom. The van der Waals surface area contributed by atoms with Crippen LogP contribution in [0, 0.1) is 0 Å². The van der Waals surface area contributed by atoms with E-state index in [9.17, 15) is 4.79 Å². The Morgan fingerprint density at radius 1 is 1.47 bits per heavy atom. The van der Waals surface area contributed by atoms with Crippen molar-refractivity contribution in [1.82, 2.24) is 4.98 Å². The third-order valence-electron chi connectivity index (χ3n) is 2.12. The van der Waals surface area contributed by atoms with Gasteiger partial charge in [-0.2, -0.15) is 0 Å². The van der Waals surface area contributed by atoms with Gasteiger partial charge < -0.3 is 4.74 Å². The highest BCUT2D eigenvalue weighted by Gasteiger charge is 2.08. The summed E-state index contributed by atoms with van der Waals surface area (Å²) in [4.78, 5) is 15.2. The van der Waals surface area contributed by atoms with E-state index in [1.807, 2.05) is 6.07 Å². The van der Waals surface area contributed by atoms with Gasteiger partial charge in [-0.1, -0.05) is 6.07 Å². The molecule has 0 aliphatic carbocycles. The highest BCUT2D eigenvalue weighted by atomic mass is 35.5. The molecule has 4 heteroatoms. The molecule has 0 unspecified atom stereocenters. The molecule has 0 aliphatic rings. The number of pyridine rings is 1. The summed E-state index contributed by atoms with van der Waals surface area (Å²) >= 11 is 5.42. The third-order valence-corrected chi connectivity index (χ3v) is 2.34. The van der Waals surface area contributed by atoms with Gasteiger partial charge in [0.25, 0.3) is 5.24 Å². The summed E-state index contributed by atoms with van der Waals surface area (Å²) < 4.78 is 5.14. The first-order valence-corrected chi connectivity index (χ1v) is 4.73. The predicted molar refractivity (Wildman–Crippen MR) is 58.5 cm³/mol. The molecule has 0 aliphatic heterocycles. The van der Waals surface area contributed by atoms with Crippen LogP contribution in [0.1, 0.15) is 10.4 Å². The fourth-order valence-corrected chi connectivity index (χ4v) is 1.54. The molecule has 2 rings (SSSR count). The number of carbonyl (C=O) groups excluding carboxylic acids is 1. The zero-order chi connectivity index (χ0) is 10.8. The first-order chi connectivity index (χ1) is 7.22. The van der Waals surface area contributed by atoms with Crippen LogP contribution in [-0.2, 0) is 0 Å². The maximum Gasteiger partial charge on any atom is 0.252 e. The number of ether oxygens (including phenoxy) is 1. The van der Waals surface area contributed by atoms with Gasteiger partial charge in [0.2, 0.25) is 0 Å². The number of nitrogens with zero attached hydrogens (tertiary/aromatic N) is 1. The van der Waals surface area contributed by atoms with Crippen LogP contribution in [0.2, 0.25) is 0 Å². The van der Waals surface area contributed by atoms with E-state index in [0.717, 1.165) is 10.9 Å². The number of methoxy groups -OCH3 is 1. The van der Waals surface area contributed by atoms with Gasteiger partial charge in [-0.25, -0.2) is 0 Å². The lowest BCUT2D eigenvalue weighted by molar-refractivity contribution is 0.108. The minimum Gasteiger partial charge on any atom is -0.494 e. The molecule has 0 radical (unpaired) electrons. The summed E-state index contributed by atoms with van der Waals surface area (Å²) in [5, 5.41) is 0.333. The molecule has 0 fully saturated rings. The maximum atomic E-state index is 11.0. The van der Waals surface area contributed by atoms with Crippen molar-refractivity contribution in [2.75, 3.05) is 7.11 Å². The van der Waals surface area contributed by atoms with Crippen molar-refractivity contribution in [2.45, 2.75) is 0 Å². The van der Waals surface area contributed by atoms with Gasteiger partial charge in [0, 0.05) is 17.1 Å². The third kappa shape index (κ3) is 1.78. The van der Waals surface area contributed by atoms with Gasteiger partial charge in [-0.3, -0.25) is 9.78 Å². The van der Waals surface area contributed by atoms with Gasteiger partial charge in [-0.15, -0.1) is 0 Å². The summed E-state index contributed by atoms with van der Waals surface area (Å²) in [5.41, 5.74) is 1.13. The molecule has 0 amide bonds. The maximum absolute atomic E-state index is 11.0. The Morgan fingerprint density at radius 3 is 2.93 bits per heavy atom. The van der Waals surface area contributed by atoms with Crippen LogP contribution in [0.4, 0.5) is 0 Å². The average molecular weight is 222 g/mol. The molecule has 0 bridgehead atoms. The number of rotatable bonds is 2. The number of hydrogen-bond acceptors (Lipinski definition) is 3. The molecule has 15 heavy (non-hydrogen) atoms. The van der Waals surface area contributed by atoms with Crippen molar-refractivity contribution in [3.05, 3.63) is 36.0 Å². The van der Waals surface area contributed by atoms with E-state index in [0.29, 0.717) is 11.3 Å². The predicted octanol–water partition coefficient (Wildman–Crippen LogP) is 2.62. The van der Waals surface area contributed by atoms with Crippen LogP contribution in [0.25, 0.3) is 10.9 Å². The van der Waals surface area contributed by atoms with E-state index in [1.54, 1.807) is 24.4 Å². The number of hydrogen-bond donors (Lipinski definition) is 0. The largest absolute Gasteiger partial charge is 0.494 e. The smallest absolute Gasteiger partial charge is 0.252 e. The molecule has 1 aromatic carbocycles. The van der Waals surface area contributed by atoms with Crippen molar-refractivity contribution < 1.29 is 9.53 Å². The second kappa shape index (κ2) is 3.87. The van der Waals surface area contributed by atoms with Crippen molar-refractivity contribution in [1.29, 1.82) is 0 Å². The lowest BCUT2D eigenvalue weighted by atomic mass is 10.1. The molecule has 0 atom stereocenters. The normalized spacial score (nSPS) is 10.3. The number of benzene rings is 1. The van der Waals surface area contributed by atoms with E-state index in [2.05, 4.69) is 4.98 Å². The fourth-order valence-electron chi connectivity index (χ4n) is 1.43.